The zero-order valence-corrected chi connectivity index (χ0v) is 21.1. The quantitative estimate of drug-likeness (QED) is 0.442. The van der Waals surface area contributed by atoms with Crippen LogP contribution in [0.2, 0.25) is 0 Å². The van der Waals surface area contributed by atoms with Crippen LogP contribution in [0.5, 0.6) is 0 Å². The van der Waals surface area contributed by atoms with E-state index in [9.17, 15) is 19.8 Å². The summed E-state index contributed by atoms with van der Waals surface area (Å²) in [5.74, 6) is 6.82. The van der Waals surface area contributed by atoms with Crippen LogP contribution in [0.25, 0.3) is 0 Å². The summed E-state index contributed by atoms with van der Waals surface area (Å²) < 4.78 is 0. The number of nitrogens with zero attached hydrogens (tertiary/aromatic N) is 2. The third-order valence-electron chi connectivity index (χ3n) is 10.4. The number of carboxylic acids is 1. The lowest BCUT2D eigenvalue weighted by molar-refractivity contribution is -0.150. The van der Waals surface area contributed by atoms with Gasteiger partial charge < -0.3 is 25.7 Å². The summed E-state index contributed by atoms with van der Waals surface area (Å²) in [5, 5.41) is 29.3. The van der Waals surface area contributed by atoms with Gasteiger partial charge in [-0.15, -0.1) is 0 Å². The minimum Gasteiger partial charge on any atom is -0.478 e. The minimum absolute atomic E-state index is 0.0171. The summed E-state index contributed by atoms with van der Waals surface area (Å²) in [4.78, 5) is 33.0. The molecule has 4 N–H and O–H groups in total. The van der Waals surface area contributed by atoms with Gasteiger partial charge in [-0.05, 0) is 62.5 Å². The molecule has 0 aromatic carbocycles. The number of carbonyl (C=O) groups is 2. The number of fused-ring (bicyclic) bond motifs is 2. The normalized spacial score (nSPS) is 43.8. The lowest BCUT2D eigenvalue weighted by atomic mass is 9.43. The van der Waals surface area contributed by atoms with Crippen LogP contribution < -0.4 is 10.6 Å². The van der Waals surface area contributed by atoms with Gasteiger partial charge in [0.05, 0.1) is 12.1 Å². The molecule has 8 nitrogen and oxygen atoms in total. The molecule has 4 aliphatic carbocycles. The average Bonchev–Trinajstić information content (AvgIpc) is 3.23. The molecule has 36 heavy (non-hydrogen) atoms. The fraction of sp³-hybridized carbons (Fsp3) is 0.679. The minimum atomic E-state index is -1.92. The molecule has 6 bridgehead atoms. The number of aliphatic carboxylic acids is 1. The largest absolute Gasteiger partial charge is 0.478 e. The molecule has 2 heterocycles. The molecule has 2 spiro atoms. The van der Waals surface area contributed by atoms with Gasteiger partial charge in [-0.2, -0.15) is 0 Å². The third-order valence-corrected chi connectivity index (χ3v) is 10.4. The first kappa shape index (κ1) is 23.7. The van der Waals surface area contributed by atoms with Crippen molar-refractivity contribution in [2.24, 2.45) is 39.5 Å². The monoisotopic (exact) mass is 492 g/mol. The van der Waals surface area contributed by atoms with Gasteiger partial charge in [0.25, 0.3) is 0 Å². The second-order valence-corrected chi connectivity index (χ2v) is 11.6. The van der Waals surface area contributed by atoms with E-state index in [-0.39, 0.29) is 53.3 Å². The van der Waals surface area contributed by atoms with Crippen molar-refractivity contribution in [2.75, 3.05) is 33.7 Å². The standard InChI is InChI=1S/C28H36N4O4/c1-29-14-19-9-11-32-16-27(19)20-13-21-23(24(34)35)28(36)15-26(21,27)18(7-3-4-8-22(28)33)12-17(20)6-5-10-31-25(32)30-2/h9,11,17-20,29,36H,3-4,7-8,10,12-16H2,1-2H3,(H,30,31)(H,34,35)/t17-,18-,19-,20+,26+,27+,28-/m1/s1. The molecule has 6 aliphatic rings. The second kappa shape index (κ2) is 8.19. The van der Waals surface area contributed by atoms with Crippen LogP contribution in [0.3, 0.4) is 0 Å². The van der Waals surface area contributed by atoms with Gasteiger partial charge in [-0.1, -0.05) is 24.3 Å². The van der Waals surface area contributed by atoms with Gasteiger partial charge >= 0.3 is 5.97 Å². The van der Waals surface area contributed by atoms with Crippen molar-refractivity contribution in [1.29, 1.82) is 0 Å². The Morgan fingerprint density at radius 1 is 1.39 bits per heavy atom. The molecule has 6 rings (SSSR count). The van der Waals surface area contributed by atoms with Crippen molar-refractivity contribution in [3.63, 3.8) is 0 Å². The second-order valence-electron chi connectivity index (χ2n) is 11.6. The van der Waals surface area contributed by atoms with Crippen LogP contribution in [0.15, 0.2) is 28.4 Å². The Labute approximate surface area is 212 Å². The molecule has 2 aliphatic heterocycles. The first-order chi connectivity index (χ1) is 17.3. The highest BCUT2D eigenvalue weighted by molar-refractivity contribution is 6.04. The predicted molar refractivity (Wildman–Crippen MR) is 135 cm³/mol. The Hall–Kier alpha value is -2.63. The van der Waals surface area contributed by atoms with Crippen molar-refractivity contribution >= 4 is 17.7 Å². The molecule has 7 atom stereocenters. The van der Waals surface area contributed by atoms with E-state index in [0.717, 1.165) is 37.3 Å². The van der Waals surface area contributed by atoms with Crippen LogP contribution in [0.1, 0.15) is 44.9 Å². The summed E-state index contributed by atoms with van der Waals surface area (Å²) in [5.41, 5.74) is -2.05. The van der Waals surface area contributed by atoms with Crippen molar-refractivity contribution in [3.05, 3.63) is 23.4 Å². The van der Waals surface area contributed by atoms with Gasteiger partial charge in [0.15, 0.2) is 17.3 Å². The third kappa shape index (κ3) is 2.82. The molecule has 0 unspecified atom stereocenters. The number of nitrogens with one attached hydrogen (secondary N) is 2. The Morgan fingerprint density at radius 2 is 2.22 bits per heavy atom. The molecule has 0 radical (unpaired) electrons. The van der Waals surface area contributed by atoms with Gasteiger partial charge in [0.2, 0.25) is 0 Å². The number of carbonyl (C=O) groups excluding carboxylic acids is 1. The van der Waals surface area contributed by atoms with Gasteiger partial charge in [0, 0.05) is 49.5 Å². The Morgan fingerprint density at radius 3 is 2.97 bits per heavy atom. The molecule has 3 fully saturated rings. The SMILES string of the molecule is CN=C1NCC#C[C@@H]2C[C@H]3CCCCC(=O)[C@]4(O)C[C@@]35C(=C4C(=O)O)C[C@@H]2[C@@]52CN1C=C[C@@H]2CNC. The fourth-order valence-electron chi connectivity index (χ4n) is 9.35. The van der Waals surface area contributed by atoms with E-state index < -0.39 is 17.0 Å². The summed E-state index contributed by atoms with van der Waals surface area (Å²) >= 11 is 0. The molecule has 3 saturated carbocycles. The number of aliphatic hydroxyl groups is 1. The number of allylic oxidation sites excluding steroid dienone is 1. The number of guanidine groups is 1. The number of carboxylic acid groups (broad SMARTS) is 1. The molecule has 192 valence electrons. The van der Waals surface area contributed by atoms with E-state index in [4.69, 9.17) is 0 Å². The fourth-order valence-corrected chi connectivity index (χ4v) is 9.35. The van der Waals surface area contributed by atoms with Crippen LogP contribution >= 0.6 is 0 Å². The number of hydrogen-bond acceptors (Lipinski definition) is 5. The maximum atomic E-state index is 13.5. The number of Topliss-reactive ketones (excluding diaryl/α,β-unsaturated/α-hetero) is 1. The Kier molecular flexibility index (Phi) is 5.40. The van der Waals surface area contributed by atoms with E-state index in [0.29, 0.717) is 25.9 Å². The number of rotatable bonds is 3. The number of aliphatic imine (C=N–C) groups is 1. The lowest BCUT2D eigenvalue weighted by Gasteiger charge is -2.62. The van der Waals surface area contributed by atoms with Gasteiger partial charge in [-0.3, -0.25) is 9.79 Å². The van der Waals surface area contributed by atoms with Gasteiger partial charge in [-0.25, -0.2) is 4.79 Å². The van der Waals surface area contributed by atoms with E-state index in [1.54, 1.807) is 7.05 Å². The van der Waals surface area contributed by atoms with Crippen LogP contribution in [-0.4, -0.2) is 72.2 Å². The Balaban J connectivity index is 1.69. The average molecular weight is 493 g/mol. The molecule has 0 aromatic rings. The first-order valence-electron chi connectivity index (χ1n) is 13.3. The van der Waals surface area contributed by atoms with E-state index >= 15 is 0 Å². The highest BCUT2D eigenvalue weighted by atomic mass is 16.4. The molecular weight excluding hydrogens is 456 g/mol. The highest BCUT2D eigenvalue weighted by Crippen LogP contribution is 2.78. The highest BCUT2D eigenvalue weighted by Gasteiger charge is 2.77. The maximum Gasteiger partial charge on any atom is 0.334 e. The van der Waals surface area contributed by atoms with E-state index in [2.05, 4.69) is 44.6 Å². The smallest absolute Gasteiger partial charge is 0.334 e. The molecule has 0 amide bonds. The van der Waals surface area contributed by atoms with Crippen LogP contribution in [0.4, 0.5) is 0 Å². The first-order valence-corrected chi connectivity index (χ1v) is 13.3. The topological polar surface area (TPSA) is 114 Å². The number of ketones is 1. The summed E-state index contributed by atoms with van der Waals surface area (Å²) in [6, 6.07) is 0. The van der Waals surface area contributed by atoms with Crippen molar-refractivity contribution < 1.29 is 19.8 Å². The number of hydrogen-bond donors (Lipinski definition) is 4. The van der Waals surface area contributed by atoms with Crippen LogP contribution in [0, 0.1) is 46.3 Å². The summed E-state index contributed by atoms with van der Waals surface area (Å²) in [6.07, 6.45) is 8.75. The van der Waals surface area contributed by atoms with E-state index in [1.807, 2.05) is 7.05 Å². The zero-order chi connectivity index (χ0) is 25.3. The summed E-state index contributed by atoms with van der Waals surface area (Å²) in [7, 11) is 3.72. The van der Waals surface area contributed by atoms with Crippen molar-refractivity contribution in [1.82, 2.24) is 15.5 Å². The molecule has 0 aromatic heterocycles. The van der Waals surface area contributed by atoms with Gasteiger partial charge in [0.1, 0.15) is 0 Å². The maximum absolute atomic E-state index is 13.5. The van der Waals surface area contributed by atoms with Crippen molar-refractivity contribution in [2.45, 2.75) is 50.5 Å². The Bertz CT molecular complexity index is 1160. The molecule has 0 saturated heterocycles. The zero-order valence-electron chi connectivity index (χ0n) is 21.1. The predicted octanol–water partition coefficient (Wildman–Crippen LogP) is 1.53. The van der Waals surface area contributed by atoms with Crippen molar-refractivity contribution in [3.8, 4) is 11.8 Å². The molecule has 8 heteroatoms. The summed E-state index contributed by atoms with van der Waals surface area (Å²) in [6.45, 7) is 1.92. The van der Waals surface area contributed by atoms with E-state index in [1.165, 1.54) is 0 Å². The van der Waals surface area contributed by atoms with Crippen LogP contribution in [-0.2, 0) is 9.59 Å². The molecular formula is C28H36N4O4. The lowest BCUT2D eigenvalue weighted by Crippen LogP contribution is -2.64.